The topological polar surface area (TPSA) is 9.23 Å². The van der Waals surface area contributed by atoms with Gasteiger partial charge in [-0.15, -0.1) is 0 Å². The first-order valence-electron chi connectivity index (χ1n) is 4.66. The Morgan fingerprint density at radius 3 is 2.00 bits per heavy atom. The smallest absolute Gasteiger partial charge is 0.190 e. The van der Waals surface area contributed by atoms with E-state index in [0.717, 1.165) is 6.61 Å². The van der Waals surface area contributed by atoms with E-state index in [9.17, 15) is 0 Å². The van der Waals surface area contributed by atoms with Gasteiger partial charge in [-0.1, -0.05) is 11.1 Å². The maximum Gasteiger partial charge on any atom is 0.190 e. The maximum absolute atomic E-state index is 5.75. The lowest BCUT2D eigenvalue weighted by Crippen LogP contribution is -2.30. The third-order valence-electron chi connectivity index (χ3n) is 2.08. The van der Waals surface area contributed by atoms with Gasteiger partial charge in [-0.05, 0) is 46.8 Å². The van der Waals surface area contributed by atoms with Crippen LogP contribution in [0.5, 0.6) is 0 Å². The van der Waals surface area contributed by atoms with E-state index in [1.54, 1.807) is 0 Å². The van der Waals surface area contributed by atoms with Gasteiger partial charge in [-0.2, -0.15) is 0 Å². The number of hydrogen-bond acceptors (Lipinski definition) is 1. The highest BCUT2D eigenvalue weighted by Crippen LogP contribution is 2.19. The second-order valence-electron chi connectivity index (χ2n) is 4.15. The van der Waals surface area contributed by atoms with Gasteiger partial charge in [0.05, 0.1) is 0 Å². The van der Waals surface area contributed by atoms with Crippen LogP contribution in [-0.4, -0.2) is 14.9 Å². The fraction of sp³-hybridized carbons (Fsp3) is 0.800. The molecule has 0 saturated carbocycles. The summed E-state index contributed by atoms with van der Waals surface area (Å²) in [7, 11) is -1.39. The monoisotopic (exact) mass is 186 g/mol. The molecular formula is C10H22OSi. The molecule has 12 heavy (non-hydrogen) atoms. The molecule has 0 atom stereocenters. The lowest BCUT2D eigenvalue weighted by molar-refractivity contribution is 0.331. The van der Waals surface area contributed by atoms with Crippen molar-refractivity contribution in [1.82, 2.24) is 0 Å². The van der Waals surface area contributed by atoms with Crippen LogP contribution in [-0.2, 0) is 4.43 Å². The molecular weight excluding hydrogens is 164 g/mol. The van der Waals surface area contributed by atoms with Crippen molar-refractivity contribution < 1.29 is 4.43 Å². The summed E-state index contributed by atoms with van der Waals surface area (Å²) in [5, 5.41) is 0. The van der Waals surface area contributed by atoms with Crippen molar-refractivity contribution in [3.63, 3.8) is 0 Å². The summed E-state index contributed by atoms with van der Waals surface area (Å²) < 4.78 is 5.75. The largest absolute Gasteiger partial charge is 0.417 e. The second kappa shape index (κ2) is 4.82. The van der Waals surface area contributed by atoms with Crippen LogP contribution in [0.25, 0.3) is 0 Å². The van der Waals surface area contributed by atoms with Gasteiger partial charge < -0.3 is 4.43 Å². The van der Waals surface area contributed by atoms with Crippen molar-refractivity contribution in [3.05, 3.63) is 11.1 Å². The first-order valence-corrected chi connectivity index (χ1v) is 7.77. The lowest BCUT2D eigenvalue weighted by atomic mass is 10.2. The summed E-state index contributed by atoms with van der Waals surface area (Å²) in [6.45, 7) is 14.0. The molecule has 0 aliphatic heterocycles. The third-order valence-corrected chi connectivity index (χ3v) is 4.53. The Hall–Kier alpha value is -0.0831. The molecule has 0 saturated heterocycles. The van der Waals surface area contributed by atoms with E-state index in [2.05, 4.69) is 40.8 Å². The predicted molar refractivity (Wildman–Crippen MR) is 58.0 cm³/mol. The van der Waals surface area contributed by atoms with E-state index in [0.29, 0.717) is 0 Å². The molecule has 0 spiro atoms. The van der Waals surface area contributed by atoms with Crippen LogP contribution < -0.4 is 0 Å². The summed E-state index contributed by atoms with van der Waals surface area (Å²) in [6, 6.07) is 1.17. The second-order valence-corrected chi connectivity index (χ2v) is 8.31. The van der Waals surface area contributed by atoms with Crippen molar-refractivity contribution in [2.75, 3.05) is 6.61 Å². The van der Waals surface area contributed by atoms with Crippen molar-refractivity contribution in [1.29, 1.82) is 0 Å². The maximum atomic E-state index is 5.75. The van der Waals surface area contributed by atoms with E-state index in [4.69, 9.17) is 4.43 Å². The Morgan fingerprint density at radius 1 is 1.17 bits per heavy atom. The van der Waals surface area contributed by atoms with Crippen LogP contribution in [0.1, 0.15) is 27.7 Å². The van der Waals surface area contributed by atoms with E-state index in [-0.39, 0.29) is 0 Å². The molecule has 0 N–H and O–H groups in total. The molecule has 1 nitrogen and oxygen atoms in total. The van der Waals surface area contributed by atoms with Crippen molar-refractivity contribution in [2.24, 2.45) is 0 Å². The number of hydrogen-bond donors (Lipinski definition) is 0. The number of allylic oxidation sites excluding steroid dienone is 2. The number of rotatable bonds is 4. The first-order chi connectivity index (χ1) is 5.39. The Balaban J connectivity index is 4.15. The fourth-order valence-corrected chi connectivity index (χ4v) is 3.77. The minimum atomic E-state index is -1.39. The third kappa shape index (κ3) is 4.73. The SMILES string of the molecule is CCO[Si](C)(C)CC(C)=C(C)C. The molecule has 0 rings (SSSR count). The summed E-state index contributed by atoms with van der Waals surface area (Å²) in [4.78, 5) is 0. The van der Waals surface area contributed by atoms with Crippen molar-refractivity contribution in [2.45, 2.75) is 46.8 Å². The Labute approximate surface area is 78.0 Å². The van der Waals surface area contributed by atoms with Crippen LogP contribution in [0.15, 0.2) is 11.1 Å². The fourth-order valence-electron chi connectivity index (χ4n) is 1.26. The lowest BCUT2D eigenvalue weighted by Gasteiger charge is -2.22. The predicted octanol–water partition coefficient (Wildman–Crippen LogP) is 3.58. The van der Waals surface area contributed by atoms with Crippen LogP contribution in [0.3, 0.4) is 0 Å². The minimum absolute atomic E-state index is 0.856. The van der Waals surface area contributed by atoms with Gasteiger partial charge >= 0.3 is 0 Å². The molecule has 0 fully saturated rings. The molecule has 0 amide bonds. The Bertz CT molecular complexity index is 167. The van der Waals surface area contributed by atoms with E-state index >= 15 is 0 Å². The summed E-state index contributed by atoms with van der Waals surface area (Å²) >= 11 is 0. The van der Waals surface area contributed by atoms with E-state index in [1.807, 2.05) is 0 Å². The highest BCUT2D eigenvalue weighted by Gasteiger charge is 2.21. The molecule has 2 heteroatoms. The summed E-state index contributed by atoms with van der Waals surface area (Å²) in [6.07, 6.45) is 0. The first kappa shape index (κ1) is 11.9. The molecule has 0 bridgehead atoms. The average molecular weight is 186 g/mol. The standard InChI is InChI=1S/C10H22OSi/c1-7-11-12(5,6)8-10(4)9(2)3/h7-8H2,1-6H3. The van der Waals surface area contributed by atoms with Crippen molar-refractivity contribution >= 4 is 8.32 Å². The van der Waals surface area contributed by atoms with Gasteiger partial charge in [0.25, 0.3) is 0 Å². The van der Waals surface area contributed by atoms with Gasteiger partial charge in [0.2, 0.25) is 0 Å². The zero-order valence-corrected chi connectivity index (χ0v) is 10.3. The van der Waals surface area contributed by atoms with Crippen LogP contribution in [0.4, 0.5) is 0 Å². The van der Waals surface area contributed by atoms with Gasteiger partial charge in [0, 0.05) is 6.61 Å². The molecule has 0 heterocycles. The zero-order valence-electron chi connectivity index (χ0n) is 9.32. The van der Waals surface area contributed by atoms with Crippen molar-refractivity contribution in [3.8, 4) is 0 Å². The highest BCUT2D eigenvalue weighted by atomic mass is 28.4. The molecule has 0 aromatic carbocycles. The van der Waals surface area contributed by atoms with Gasteiger partial charge in [0.15, 0.2) is 8.32 Å². The summed E-state index contributed by atoms with van der Waals surface area (Å²) in [5.74, 6) is 0. The molecule has 0 radical (unpaired) electrons. The van der Waals surface area contributed by atoms with Crippen LogP contribution in [0, 0.1) is 0 Å². The highest BCUT2D eigenvalue weighted by molar-refractivity contribution is 6.71. The molecule has 72 valence electrons. The minimum Gasteiger partial charge on any atom is -0.417 e. The van der Waals surface area contributed by atoms with Crippen LogP contribution >= 0.6 is 0 Å². The molecule has 0 unspecified atom stereocenters. The summed E-state index contributed by atoms with van der Waals surface area (Å²) in [5.41, 5.74) is 2.94. The molecule has 0 aliphatic rings. The molecule has 0 aliphatic carbocycles. The van der Waals surface area contributed by atoms with Gasteiger partial charge in [-0.25, -0.2) is 0 Å². The van der Waals surface area contributed by atoms with Gasteiger partial charge in [0.1, 0.15) is 0 Å². The molecule has 0 aromatic heterocycles. The Morgan fingerprint density at radius 2 is 1.67 bits per heavy atom. The normalized spacial score (nSPS) is 11.5. The van der Waals surface area contributed by atoms with E-state index in [1.165, 1.54) is 17.2 Å². The zero-order chi connectivity index (χ0) is 9.78. The van der Waals surface area contributed by atoms with E-state index < -0.39 is 8.32 Å². The quantitative estimate of drug-likeness (QED) is 0.481. The van der Waals surface area contributed by atoms with Gasteiger partial charge in [-0.3, -0.25) is 0 Å². The molecule has 0 aromatic rings. The average Bonchev–Trinajstić information content (AvgIpc) is 1.85. The Kier molecular flexibility index (Phi) is 4.79. The van der Waals surface area contributed by atoms with Crippen LogP contribution in [0.2, 0.25) is 19.1 Å².